The van der Waals surface area contributed by atoms with Gasteiger partial charge in [0, 0.05) is 19.7 Å². The van der Waals surface area contributed by atoms with Gasteiger partial charge in [0.2, 0.25) is 5.91 Å². The Morgan fingerprint density at radius 2 is 2.15 bits per heavy atom. The maximum absolute atomic E-state index is 11.0. The van der Waals surface area contributed by atoms with Gasteiger partial charge in [0.15, 0.2) is 0 Å². The molecular formula is C9H11ClN2O. The highest BCUT2D eigenvalue weighted by Gasteiger charge is 2.09. The van der Waals surface area contributed by atoms with Gasteiger partial charge < -0.3 is 10.6 Å². The van der Waals surface area contributed by atoms with Crippen LogP contribution in [0.4, 0.5) is 11.4 Å². The quantitative estimate of drug-likeness (QED) is 0.701. The summed E-state index contributed by atoms with van der Waals surface area (Å²) in [6.07, 6.45) is 0. The van der Waals surface area contributed by atoms with Crippen molar-refractivity contribution < 1.29 is 4.79 Å². The fraction of sp³-hybridized carbons (Fsp3) is 0.222. The zero-order valence-electron chi connectivity index (χ0n) is 7.54. The normalized spacial score (nSPS) is 9.77. The number of benzene rings is 1. The highest BCUT2D eigenvalue weighted by atomic mass is 35.5. The van der Waals surface area contributed by atoms with Crippen LogP contribution in [0.5, 0.6) is 0 Å². The Morgan fingerprint density at radius 1 is 1.54 bits per heavy atom. The van der Waals surface area contributed by atoms with E-state index in [2.05, 4.69) is 0 Å². The van der Waals surface area contributed by atoms with E-state index in [-0.39, 0.29) is 5.91 Å². The summed E-state index contributed by atoms with van der Waals surface area (Å²) in [5.74, 6) is -0.0633. The third-order valence-corrected chi connectivity index (χ3v) is 2.11. The molecule has 0 saturated carbocycles. The van der Waals surface area contributed by atoms with Crippen LogP contribution in [-0.4, -0.2) is 13.0 Å². The van der Waals surface area contributed by atoms with Crippen LogP contribution in [0.25, 0.3) is 0 Å². The third-order valence-electron chi connectivity index (χ3n) is 1.81. The van der Waals surface area contributed by atoms with Crippen LogP contribution in [0.15, 0.2) is 18.2 Å². The summed E-state index contributed by atoms with van der Waals surface area (Å²) in [6.45, 7) is 1.48. The first-order chi connectivity index (χ1) is 6.02. The van der Waals surface area contributed by atoms with Crippen LogP contribution in [0.1, 0.15) is 6.92 Å². The van der Waals surface area contributed by atoms with Crippen LogP contribution < -0.4 is 10.6 Å². The molecule has 0 aliphatic carbocycles. The van der Waals surface area contributed by atoms with E-state index in [4.69, 9.17) is 17.3 Å². The molecule has 0 unspecified atom stereocenters. The molecule has 70 valence electrons. The van der Waals surface area contributed by atoms with Gasteiger partial charge in [-0.15, -0.1) is 0 Å². The molecule has 0 atom stereocenters. The minimum Gasteiger partial charge on any atom is -0.399 e. The number of carbonyl (C=O) groups excluding carboxylic acids is 1. The summed E-state index contributed by atoms with van der Waals surface area (Å²) < 4.78 is 0. The van der Waals surface area contributed by atoms with Gasteiger partial charge in [-0.3, -0.25) is 4.79 Å². The Morgan fingerprint density at radius 3 is 2.62 bits per heavy atom. The van der Waals surface area contributed by atoms with E-state index in [0.717, 1.165) is 0 Å². The van der Waals surface area contributed by atoms with Crippen molar-refractivity contribution in [3.63, 3.8) is 0 Å². The molecule has 1 rings (SSSR count). The number of carbonyl (C=O) groups is 1. The molecule has 0 aliphatic rings. The lowest BCUT2D eigenvalue weighted by Gasteiger charge is -2.16. The van der Waals surface area contributed by atoms with Gasteiger partial charge in [0.1, 0.15) is 0 Å². The van der Waals surface area contributed by atoms with E-state index in [1.807, 2.05) is 0 Å². The highest BCUT2D eigenvalue weighted by molar-refractivity contribution is 6.34. The number of amides is 1. The van der Waals surface area contributed by atoms with Gasteiger partial charge >= 0.3 is 0 Å². The van der Waals surface area contributed by atoms with Crippen LogP contribution in [0.3, 0.4) is 0 Å². The summed E-state index contributed by atoms with van der Waals surface area (Å²) >= 11 is 5.89. The molecular weight excluding hydrogens is 188 g/mol. The molecule has 0 aromatic heterocycles. The first-order valence-corrected chi connectivity index (χ1v) is 4.19. The number of rotatable bonds is 1. The van der Waals surface area contributed by atoms with E-state index >= 15 is 0 Å². The fourth-order valence-corrected chi connectivity index (χ4v) is 1.28. The number of anilines is 2. The van der Waals surface area contributed by atoms with Gasteiger partial charge in [-0.25, -0.2) is 0 Å². The topological polar surface area (TPSA) is 46.3 Å². The van der Waals surface area contributed by atoms with Crippen molar-refractivity contribution >= 4 is 28.9 Å². The fourth-order valence-electron chi connectivity index (χ4n) is 0.965. The molecule has 13 heavy (non-hydrogen) atoms. The zero-order chi connectivity index (χ0) is 10.0. The molecule has 1 aromatic carbocycles. The predicted octanol–water partition coefficient (Wildman–Crippen LogP) is 1.90. The first-order valence-electron chi connectivity index (χ1n) is 3.81. The molecule has 0 saturated heterocycles. The van der Waals surface area contributed by atoms with Crippen LogP contribution >= 0.6 is 11.6 Å². The van der Waals surface area contributed by atoms with Crippen molar-refractivity contribution in [2.75, 3.05) is 17.7 Å². The average Bonchev–Trinajstić information content (AvgIpc) is 2.03. The smallest absolute Gasteiger partial charge is 0.223 e. The molecule has 0 spiro atoms. The molecule has 0 fully saturated rings. The number of hydrogen-bond donors (Lipinski definition) is 1. The summed E-state index contributed by atoms with van der Waals surface area (Å²) in [6, 6.07) is 5.05. The second-order valence-corrected chi connectivity index (χ2v) is 3.20. The minimum atomic E-state index is -0.0633. The third kappa shape index (κ3) is 2.12. The number of nitrogens with two attached hydrogens (primary N) is 1. The number of hydrogen-bond acceptors (Lipinski definition) is 2. The Kier molecular flexibility index (Phi) is 2.78. The highest BCUT2D eigenvalue weighted by Crippen LogP contribution is 2.26. The Bertz CT molecular complexity index is 338. The number of nitrogen functional groups attached to an aromatic ring is 1. The molecule has 0 aliphatic heterocycles. The Hall–Kier alpha value is -1.22. The largest absolute Gasteiger partial charge is 0.399 e. The van der Waals surface area contributed by atoms with Crippen molar-refractivity contribution in [3.05, 3.63) is 23.2 Å². The molecule has 0 heterocycles. The van der Waals surface area contributed by atoms with Crippen molar-refractivity contribution in [3.8, 4) is 0 Å². The molecule has 1 amide bonds. The summed E-state index contributed by atoms with van der Waals surface area (Å²) in [7, 11) is 1.67. The molecule has 2 N–H and O–H groups in total. The predicted molar refractivity (Wildman–Crippen MR) is 54.9 cm³/mol. The standard InChI is InChI=1S/C9H11ClN2O/c1-6(13)12(2)9-4-3-7(11)5-8(9)10/h3-5H,11H2,1-2H3. The maximum Gasteiger partial charge on any atom is 0.223 e. The van der Waals surface area contributed by atoms with Crippen molar-refractivity contribution in [1.82, 2.24) is 0 Å². The molecule has 4 heteroatoms. The summed E-state index contributed by atoms with van der Waals surface area (Å²) in [5.41, 5.74) is 6.77. The lowest BCUT2D eigenvalue weighted by molar-refractivity contribution is -0.116. The SMILES string of the molecule is CC(=O)N(C)c1ccc(N)cc1Cl. The number of halogens is 1. The van der Waals surface area contributed by atoms with Crippen molar-refractivity contribution in [2.24, 2.45) is 0 Å². The van der Waals surface area contributed by atoms with Crippen molar-refractivity contribution in [2.45, 2.75) is 6.92 Å². The average molecular weight is 199 g/mol. The van der Waals surface area contributed by atoms with Gasteiger partial charge in [0.05, 0.1) is 10.7 Å². The van der Waals surface area contributed by atoms with Gasteiger partial charge in [-0.2, -0.15) is 0 Å². The van der Waals surface area contributed by atoms with E-state index in [9.17, 15) is 4.79 Å². The minimum absolute atomic E-state index is 0.0633. The molecule has 0 radical (unpaired) electrons. The second kappa shape index (κ2) is 3.66. The molecule has 1 aromatic rings. The van der Waals surface area contributed by atoms with E-state index in [1.165, 1.54) is 11.8 Å². The summed E-state index contributed by atoms with van der Waals surface area (Å²) in [4.78, 5) is 12.5. The van der Waals surface area contributed by atoms with Gasteiger partial charge in [-0.1, -0.05) is 11.6 Å². The van der Waals surface area contributed by atoms with Gasteiger partial charge in [-0.05, 0) is 18.2 Å². The van der Waals surface area contributed by atoms with E-state index in [0.29, 0.717) is 16.4 Å². The van der Waals surface area contributed by atoms with Crippen LogP contribution in [0.2, 0.25) is 5.02 Å². The van der Waals surface area contributed by atoms with Crippen LogP contribution in [-0.2, 0) is 4.79 Å². The Balaban J connectivity index is 3.08. The zero-order valence-corrected chi connectivity index (χ0v) is 8.30. The first kappa shape index (κ1) is 9.86. The monoisotopic (exact) mass is 198 g/mol. The summed E-state index contributed by atoms with van der Waals surface area (Å²) in [5, 5.41) is 0.484. The Labute approximate surface area is 82.1 Å². The van der Waals surface area contributed by atoms with Crippen molar-refractivity contribution in [1.29, 1.82) is 0 Å². The lowest BCUT2D eigenvalue weighted by atomic mass is 10.2. The van der Waals surface area contributed by atoms with E-state index < -0.39 is 0 Å². The van der Waals surface area contributed by atoms with Gasteiger partial charge in [0.25, 0.3) is 0 Å². The number of nitrogens with zero attached hydrogens (tertiary/aromatic N) is 1. The molecule has 3 nitrogen and oxygen atoms in total. The maximum atomic E-state index is 11.0. The van der Waals surface area contributed by atoms with Crippen LogP contribution in [0, 0.1) is 0 Å². The molecule has 0 bridgehead atoms. The second-order valence-electron chi connectivity index (χ2n) is 2.79. The van der Waals surface area contributed by atoms with E-state index in [1.54, 1.807) is 25.2 Å². The lowest BCUT2D eigenvalue weighted by Crippen LogP contribution is -2.23.